The Bertz CT molecular complexity index is 1060. The molecule has 1 N–H and O–H groups in total. The first kappa shape index (κ1) is 18.9. The van der Waals surface area contributed by atoms with E-state index in [1.807, 2.05) is 30.3 Å². The summed E-state index contributed by atoms with van der Waals surface area (Å²) in [5, 5.41) is 12.1. The zero-order chi connectivity index (χ0) is 19.2. The van der Waals surface area contributed by atoms with E-state index in [0.717, 1.165) is 9.79 Å². The van der Waals surface area contributed by atoms with Gasteiger partial charge in [-0.25, -0.2) is 0 Å². The van der Waals surface area contributed by atoms with Crippen LogP contribution in [0.4, 0.5) is 5.69 Å². The fourth-order valence-corrected chi connectivity index (χ4v) is 4.05. The molecular formula is C21H16N2O2S2. The summed E-state index contributed by atoms with van der Waals surface area (Å²) >= 11 is 1.38. The minimum atomic E-state index is -1.12. The van der Waals surface area contributed by atoms with E-state index in [4.69, 9.17) is 0 Å². The van der Waals surface area contributed by atoms with E-state index in [-0.39, 0.29) is 5.91 Å². The molecule has 1 amide bonds. The highest BCUT2D eigenvalue weighted by Crippen LogP contribution is 2.33. The highest BCUT2D eigenvalue weighted by Gasteiger charge is 2.14. The molecule has 134 valence electrons. The average Bonchev–Trinajstić information content (AvgIpc) is 2.69. The molecule has 0 radical (unpaired) electrons. The maximum Gasteiger partial charge on any atom is 0.256 e. The number of carbonyl (C=O) groups excluding carboxylic acids is 1. The molecule has 0 fully saturated rings. The van der Waals surface area contributed by atoms with Gasteiger partial charge in [-0.05, 0) is 42.5 Å². The second-order valence-corrected chi connectivity index (χ2v) is 8.11. The van der Waals surface area contributed by atoms with Crippen molar-refractivity contribution in [3.63, 3.8) is 0 Å². The number of nitriles is 1. The molecule has 0 aliphatic heterocycles. The van der Waals surface area contributed by atoms with Crippen molar-refractivity contribution in [2.45, 2.75) is 14.7 Å². The van der Waals surface area contributed by atoms with Gasteiger partial charge in [0.05, 0.1) is 11.1 Å². The van der Waals surface area contributed by atoms with Crippen LogP contribution in [0.5, 0.6) is 0 Å². The molecule has 27 heavy (non-hydrogen) atoms. The minimum absolute atomic E-state index is 0.258. The van der Waals surface area contributed by atoms with Crippen LogP contribution in [0.15, 0.2) is 87.5 Å². The lowest BCUT2D eigenvalue weighted by molar-refractivity contribution is 0.102. The summed E-state index contributed by atoms with van der Waals surface area (Å²) in [4.78, 5) is 15.0. The summed E-state index contributed by atoms with van der Waals surface area (Å²) < 4.78 is 11.6. The average molecular weight is 393 g/mol. The molecule has 0 heterocycles. The Kier molecular flexibility index (Phi) is 6.07. The van der Waals surface area contributed by atoms with Crippen LogP contribution in [-0.4, -0.2) is 16.4 Å². The Morgan fingerprint density at radius 2 is 1.70 bits per heavy atom. The SMILES string of the molecule is CS(=O)c1cccc(NC(=O)c2ccccc2Sc2ccccc2C#N)c1. The quantitative estimate of drug-likeness (QED) is 0.683. The van der Waals surface area contributed by atoms with Gasteiger partial charge in [0.1, 0.15) is 6.07 Å². The van der Waals surface area contributed by atoms with Gasteiger partial charge in [-0.15, -0.1) is 0 Å². The maximum atomic E-state index is 12.8. The van der Waals surface area contributed by atoms with Crippen LogP contribution >= 0.6 is 11.8 Å². The van der Waals surface area contributed by atoms with Crippen LogP contribution in [0.3, 0.4) is 0 Å². The van der Waals surface area contributed by atoms with Crippen molar-refractivity contribution in [1.82, 2.24) is 0 Å². The lowest BCUT2D eigenvalue weighted by Crippen LogP contribution is -2.13. The van der Waals surface area contributed by atoms with Gasteiger partial charge in [0.15, 0.2) is 0 Å². The molecule has 0 aliphatic rings. The normalized spacial score (nSPS) is 11.4. The number of rotatable bonds is 5. The summed E-state index contributed by atoms with van der Waals surface area (Å²) in [7, 11) is -1.12. The van der Waals surface area contributed by atoms with Crippen LogP contribution in [-0.2, 0) is 10.8 Å². The fraction of sp³-hybridized carbons (Fsp3) is 0.0476. The van der Waals surface area contributed by atoms with Crippen LogP contribution in [0.2, 0.25) is 0 Å². The molecular weight excluding hydrogens is 376 g/mol. The standard InChI is InChI=1S/C21H16N2O2S2/c1-27(25)17-9-6-8-16(13-17)23-21(24)18-10-3-5-12-20(18)26-19-11-4-2-7-15(19)14-22/h2-13H,1H3,(H,23,24). The highest BCUT2D eigenvalue weighted by molar-refractivity contribution is 7.99. The molecule has 0 aliphatic carbocycles. The Labute approximate surface area is 164 Å². The van der Waals surface area contributed by atoms with Gasteiger partial charge in [0.2, 0.25) is 0 Å². The predicted molar refractivity (Wildman–Crippen MR) is 108 cm³/mol. The first-order chi connectivity index (χ1) is 13.1. The number of anilines is 1. The molecule has 0 spiro atoms. The molecule has 1 atom stereocenters. The Balaban J connectivity index is 1.87. The van der Waals surface area contributed by atoms with E-state index < -0.39 is 10.8 Å². The van der Waals surface area contributed by atoms with Gasteiger partial charge in [-0.1, -0.05) is 42.1 Å². The van der Waals surface area contributed by atoms with Gasteiger partial charge in [0, 0.05) is 37.4 Å². The van der Waals surface area contributed by atoms with E-state index >= 15 is 0 Å². The molecule has 3 aromatic carbocycles. The second-order valence-electron chi connectivity index (χ2n) is 5.64. The van der Waals surface area contributed by atoms with Crippen molar-refractivity contribution >= 4 is 34.2 Å². The molecule has 3 aromatic rings. The van der Waals surface area contributed by atoms with Gasteiger partial charge in [-0.2, -0.15) is 5.26 Å². The van der Waals surface area contributed by atoms with Crippen molar-refractivity contribution in [3.8, 4) is 6.07 Å². The lowest BCUT2D eigenvalue weighted by atomic mass is 10.2. The molecule has 0 bridgehead atoms. The van der Waals surface area contributed by atoms with E-state index in [9.17, 15) is 14.3 Å². The smallest absolute Gasteiger partial charge is 0.256 e. The van der Waals surface area contributed by atoms with Crippen molar-refractivity contribution in [3.05, 3.63) is 83.9 Å². The topological polar surface area (TPSA) is 70.0 Å². The first-order valence-corrected chi connectivity index (χ1v) is 10.5. The number of nitrogens with zero attached hydrogens (tertiary/aromatic N) is 1. The van der Waals surface area contributed by atoms with Gasteiger partial charge >= 0.3 is 0 Å². The summed E-state index contributed by atoms with van der Waals surface area (Å²) in [6.45, 7) is 0. The maximum absolute atomic E-state index is 12.8. The van der Waals surface area contributed by atoms with Gasteiger partial charge in [0.25, 0.3) is 5.91 Å². The number of amides is 1. The molecule has 0 aromatic heterocycles. The summed E-state index contributed by atoms with van der Waals surface area (Å²) in [5.74, 6) is -0.258. The van der Waals surface area contributed by atoms with Crippen molar-refractivity contribution in [2.75, 3.05) is 11.6 Å². The highest BCUT2D eigenvalue weighted by atomic mass is 32.2. The molecule has 1 unspecified atom stereocenters. The van der Waals surface area contributed by atoms with Crippen molar-refractivity contribution < 1.29 is 9.00 Å². The van der Waals surface area contributed by atoms with Crippen molar-refractivity contribution in [2.24, 2.45) is 0 Å². The predicted octanol–water partition coefficient (Wildman–Crippen LogP) is 4.70. The molecule has 0 saturated carbocycles. The lowest BCUT2D eigenvalue weighted by Gasteiger charge is -2.11. The zero-order valence-electron chi connectivity index (χ0n) is 14.5. The summed E-state index contributed by atoms with van der Waals surface area (Å²) in [5.41, 5.74) is 1.67. The minimum Gasteiger partial charge on any atom is -0.322 e. The van der Waals surface area contributed by atoms with E-state index in [0.29, 0.717) is 21.7 Å². The van der Waals surface area contributed by atoms with E-state index in [2.05, 4.69) is 11.4 Å². The second kappa shape index (κ2) is 8.67. The largest absolute Gasteiger partial charge is 0.322 e. The van der Waals surface area contributed by atoms with Crippen LogP contribution in [0.25, 0.3) is 0 Å². The summed E-state index contributed by atoms with van der Waals surface area (Å²) in [6.07, 6.45) is 1.60. The molecule has 3 rings (SSSR count). The summed E-state index contributed by atoms with van der Waals surface area (Å²) in [6, 6.07) is 23.7. The molecule has 6 heteroatoms. The Morgan fingerprint density at radius 1 is 1.00 bits per heavy atom. The third-order valence-electron chi connectivity index (χ3n) is 3.78. The van der Waals surface area contributed by atoms with Gasteiger partial charge in [-0.3, -0.25) is 9.00 Å². The van der Waals surface area contributed by atoms with Crippen LogP contribution in [0, 0.1) is 11.3 Å². The number of hydrogen-bond acceptors (Lipinski definition) is 4. The van der Waals surface area contributed by atoms with Crippen LogP contribution < -0.4 is 5.32 Å². The Morgan fingerprint density at radius 3 is 2.44 bits per heavy atom. The van der Waals surface area contributed by atoms with Crippen molar-refractivity contribution in [1.29, 1.82) is 5.26 Å². The number of carbonyl (C=O) groups is 1. The number of hydrogen-bond donors (Lipinski definition) is 1. The monoisotopic (exact) mass is 392 g/mol. The Hall–Kier alpha value is -2.88. The molecule has 4 nitrogen and oxygen atoms in total. The first-order valence-electron chi connectivity index (χ1n) is 8.09. The number of benzene rings is 3. The van der Waals surface area contributed by atoms with Gasteiger partial charge < -0.3 is 5.32 Å². The fourth-order valence-electron chi connectivity index (χ4n) is 2.46. The van der Waals surface area contributed by atoms with Crippen LogP contribution in [0.1, 0.15) is 15.9 Å². The third-order valence-corrected chi connectivity index (χ3v) is 5.85. The molecule has 0 saturated heterocycles. The third kappa shape index (κ3) is 4.64. The van der Waals surface area contributed by atoms with E-state index in [1.54, 1.807) is 48.7 Å². The van der Waals surface area contributed by atoms with E-state index in [1.165, 1.54) is 11.8 Å². The zero-order valence-corrected chi connectivity index (χ0v) is 16.1. The number of nitrogens with one attached hydrogen (secondary N) is 1.